The third-order valence-electron chi connectivity index (χ3n) is 11.9. The number of hydrogen-bond acceptors (Lipinski definition) is 8. The Bertz CT molecular complexity index is 1680. The van der Waals surface area contributed by atoms with E-state index in [0.29, 0.717) is 42.9 Å². The van der Waals surface area contributed by atoms with Crippen molar-refractivity contribution in [2.75, 3.05) is 50.8 Å². The SMILES string of the molecule is CCO[C@]1(N2CCN(C(C)C)CC2)/C=C/C[C@H](C)[C@@H](C)S(=O)(=O)NC(=O)c2ccc3c(c2)N(CCCCc2cc(Cl)ccc2CO3)C[C@@H]2CC[C@H]21. The Kier molecular flexibility index (Phi) is 12.1. The fourth-order valence-corrected chi connectivity index (χ4v) is 9.93. The lowest BCUT2D eigenvalue weighted by molar-refractivity contribution is -0.196. The molecule has 1 amide bonds. The number of carbonyl (C=O) groups is 1. The number of carbonyl (C=O) groups excluding carboxylic acids is 1. The molecule has 280 valence electrons. The van der Waals surface area contributed by atoms with Crippen molar-refractivity contribution in [1.29, 1.82) is 0 Å². The van der Waals surface area contributed by atoms with Crippen LogP contribution in [0.15, 0.2) is 48.6 Å². The van der Waals surface area contributed by atoms with Crippen LogP contribution >= 0.6 is 11.6 Å². The van der Waals surface area contributed by atoms with Crippen LogP contribution in [0.5, 0.6) is 5.75 Å². The van der Waals surface area contributed by atoms with Crippen LogP contribution in [0.25, 0.3) is 0 Å². The molecule has 2 aromatic rings. The molecule has 6 rings (SSSR count). The second-order valence-corrected chi connectivity index (χ2v) is 17.8. The summed E-state index contributed by atoms with van der Waals surface area (Å²) >= 11 is 6.41. The molecule has 2 bridgehead atoms. The Morgan fingerprint density at radius 2 is 1.80 bits per heavy atom. The molecule has 1 N–H and O–H groups in total. The maximum Gasteiger partial charge on any atom is 0.264 e. The molecular formula is C40H57ClN4O5S. The molecule has 0 radical (unpaired) electrons. The summed E-state index contributed by atoms with van der Waals surface area (Å²) in [6.45, 7) is 16.5. The molecule has 2 aromatic carbocycles. The summed E-state index contributed by atoms with van der Waals surface area (Å²) in [6.07, 6.45) is 9.93. The van der Waals surface area contributed by atoms with Gasteiger partial charge in [0.1, 0.15) is 18.1 Å². The van der Waals surface area contributed by atoms with Gasteiger partial charge in [0, 0.05) is 68.4 Å². The number of anilines is 1. The number of halogens is 1. The van der Waals surface area contributed by atoms with Crippen molar-refractivity contribution >= 4 is 33.2 Å². The van der Waals surface area contributed by atoms with Gasteiger partial charge in [-0.25, -0.2) is 13.1 Å². The molecule has 3 aliphatic heterocycles. The number of amides is 1. The summed E-state index contributed by atoms with van der Waals surface area (Å²) in [5.74, 6) is 0.440. The number of benzene rings is 2. The van der Waals surface area contributed by atoms with Gasteiger partial charge in [-0.15, -0.1) is 0 Å². The second-order valence-electron chi connectivity index (χ2n) is 15.3. The minimum absolute atomic E-state index is 0.220. The molecule has 51 heavy (non-hydrogen) atoms. The maximum atomic E-state index is 13.6. The molecular weight excluding hydrogens is 684 g/mol. The van der Waals surface area contributed by atoms with Gasteiger partial charge in [-0.2, -0.15) is 0 Å². The minimum Gasteiger partial charge on any atom is -0.487 e. The van der Waals surface area contributed by atoms with E-state index in [2.05, 4.69) is 52.3 Å². The zero-order valence-electron chi connectivity index (χ0n) is 31.1. The quantitative estimate of drug-likeness (QED) is 0.339. The molecule has 4 aliphatic rings. The summed E-state index contributed by atoms with van der Waals surface area (Å²) < 4.78 is 43.1. The van der Waals surface area contributed by atoms with Gasteiger partial charge >= 0.3 is 0 Å². The van der Waals surface area contributed by atoms with Crippen molar-refractivity contribution in [2.45, 2.75) is 96.8 Å². The monoisotopic (exact) mass is 740 g/mol. The first-order valence-corrected chi connectivity index (χ1v) is 21.0. The van der Waals surface area contributed by atoms with Crippen molar-refractivity contribution < 1.29 is 22.7 Å². The van der Waals surface area contributed by atoms with Crippen molar-refractivity contribution in [1.82, 2.24) is 14.5 Å². The molecule has 1 aliphatic carbocycles. The number of ether oxygens (including phenoxy) is 2. The number of hydrogen-bond donors (Lipinski definition) is 1. The number of rotatable bonds is 4. The van der Waals surface area contributed by atoms with Crippen molar-refractivity contribution in [2.24, 2.45) is 17.8 Å². The maximum absolute atomic E-state index is 13.6. The highest BCUT2D eigenvalue weighted by Crippen LogP contribution is 2.48. The van der Waals surface area contributed by atoms with Gasteiger partial charge in [0.2, 0.25) is 10.0 Å². The highest BCUT2D eigenvalue weighted by molar-refractivity contribution is 7.90. The van der Waals surface area contributed by atoms with E-state index >= 15 is 0 Å². The minimum atomic E-state index is -3.95. The topological polar surface area (TPSA) is 91.4 Å². The number of fused-ring (bicyclic) bond motifs is 3. The molecule has 1 saturated carbocycles. The van der Waals surface area contributed by atoms with E-state index in [1.165, 1.54) is 5.56 Å². The molecule has 9 nitrogen and oxygen atoms in total. The Labute approximate surface area is 310 Å². The fraction of sp³-hybridized carbons (Fsp3) is 0.625. The summed E-state index contributed by atoms with van der Waals surface area (Å²) in [4.78, 5) is 21.1. The van der Waals surface area contributed by atoms with Crippen LogP contribution in [-0.4, -0.2) is 87.0 Å². The van der Waals surface area contributed by atoms with Crippen molar-refractivity contribution in [3.63, 3.8) is 0 Å². The van der Waals surface area contributed by atoms with Gasteiger partial charge in [0.05, 0.1) is 10.9 Å². The smallest absolute Gasteiger partial charge is 0.264 e. The summed E-state index contributed by atoms with van der Waals surface area (Å²) in [5.41, 5.74) is 2.81. The molecule has 0 spiro atoms. The molecule has 1 saturated heterocycles. The Morgan fingerprint density at radius 3 is 2.51 bits per heavy atom. The third kappa shape index (κ3) is 8.30. The highest BCUT2D eigenvalue weighted by Gasteiger charge is 2.51. The van der Waals surface area contributed by atoms with E-state index < -0.39 is 26.9 Å². The van der Waals surface area contributed by atoms with E-state index in [1.54, 1.807) is 13.0 Å². The molecule has 0 unspecified atom stereocenters. The zero-order valence-corrected chi connectivity index (χ0v) is 32.6. The number of piperazine rings is 1. The van der Waals surface area contributed by atoms with Gasteiger partial charge in [0.25, 0.3) is 5.91 Å². The standard InChI is InChI=1S/C40H57ClN4O5S/c1-6-50-40(45-22-20-43(21-23-45)28(2)3)18-9-10-29(4)30(5)51(47,48)42-39(46)32-14-17-38-37(25-32)44(26-33-13-16-36(33)40)19-8-7-11-31-24-35(41)15-12-34(31)27-49-38/h9,12,14-15,17-18,24-25,28-30,33,36H,6-8,10-11,13,16,19-23,26-27H2,1-5H3,(H,42,46)/b18-9+/t29-,30+,33-,36+,40+/m0/s1. The molecule has 3 heterocycles. The number of nitrogens with one attached hydrogen (secondary N) is 1. The van der Waals surface area contributed by atoms with Gasteiger partial charge in [-0.1, -0.05) is 30.7 Å². The lowest BCUT2D eigenvalue weighted by Crippen LogP contribution is -2.65. The van der Waals surface area contributed by atoms with Crippen LogP contribution in [0.4, 0.5) is 5.69 Å². The first kappa shape index (κ1) is 38.1. The lowest BCUT2D eigenvalue weighted by atomic mass is 9.66. The Hall–Kier alpha value is -2.63. The predicted octanol–water partition coefficient (Wildman–Crippen LogP) is 6.89. The first-order chi connectivity index (χ1) is 24.4. The van der Waals surface area contributed by atoms with E-state index in [1.807, 2.05) is 37.3 Å². The number of sulfonamides is 1. The van der Waals surface area contributed by atoms with Gasteiger partial charge in [0.15, 0.2) is 0 Å². The normalized spacial score (nSPS) is 30.2. The van der Waals surface area contributed by atoms with Gasteiger partial charge < -0.3 is 14.4 Å². The van der Waals surface area contributed by atoms with Gasteiger partial charge in [-0.05, 0) is 126 Å². The van der Waals surface area contributed by atoms with Gasteiger partial charge in [-0.3, -0.25) is 14.6 Å². The molecule has 11 heteroatoms. The Balaban J connectivity index is 1.42. The average molecular weight is 741 g/mol. The van der Waals surface area contributed by atoms with E-state index in [9.17, 15) is 13.2 Å². The summed E-state index contributed by atoms with van der Waals surface area (Å²) in [7, 11) is -3.95. The van der Waals surface area contributed by atoms with E-state index in [-0.39, 0.29) is 11.8 Å². The largest absolute Gasteiger partial charge is 0.487 e. The number of aryl methyl sites for hydroxylation is 1. The lowest BCUT2D eigenvalue weighted by Gasteiger charge is -2.56. The van der Waals surface area contributed by atoms with Crippen LogP contribution in [0, 0.1) is 17.8 Å². The van der Waals surface area contributed by atoms with E-state index in [0.717, 1.165) is 87.6 Å². The number of allylic oxidation sites excluding steroid dienone is 1. The second kappa shape index (κ2) is 16.2. The van der Waals surface area contributed by atoms with Crippen LogP contribution in [-0.2, 0) is 27.8 Å². The van der Waals surface area contributed by atoms with Crippen LogP contribution in [0.2, 0.25) is 5.02 Å². The molecule has 0 aromatic heterocycles. The van der Waals surface area contributed by atoms with Crippen LogP contribution < -0.4 is 14.4 Å². The number of nitrogens with zero attached hydrogens (tertiary/aromatic N) is 3. The zero-order chi connectivity index (χ0) is 36.3. The molecule has 2 fully saturated rings. The molecule has 5 atom stereocenters. The van der Waals surface area contributed by atoms with Crippen LogP contribution in [0.1, 0.15) is 88.2 Å². The van der Waals surface area contributed by atoms with Crippen LogP contribution in [0.3, 0.4) is 0 Å². The fourth-order valence-electron chi connectivity index (χ4n) is 8.45. The Morgan fingerprint density at radius 1 is 1.02 bits per heavy atom. The first-order valence-electron chi connectivity index (χ1n) is 19.1. The van der Waals surface area contributed by atoms with Crippen molar-refractivity contribution in [3.8, 4) is 5.75 Å². The third-order valence-corrected chi connectivity index (χ3v) is 14.1. The van der Waals surface area contributed by atoms with E-state index in [4.69, 9.17) is 21.1 Å². The highest BCUT2D eigenvalue weighted by atomic mass is 35.5. The predicted molar refractivity (Wildman–Crippen MR) is 205 cm³/mol. The summed E-state index contributed by atoms with van der Waals surface area (Å²) in [6, 6.07) is 11.8. The summed E-state index contributed by atoms with van der Waals surface area (Å²) in [5, 5.41) is -0.0577. The van der Waals surface area contributed by atoms with Crippen molar-refractivity contribution in [3.05, 3.63) is 70.3 Å². The average Bonchev–Trinajstić information content (AvgIpc) is 3.12.